The summed E-state index contributed by atoms with van der Waals surface area (Å²) in [6, 6.07) is 0. The van der Waals surface area contributed by atoms with Crippen LogP contribution in [0, 0.1) is 0 Å². The van der Waals surface area contributed by atoms with E-state index in [1.54, 1.807) is 0 Å². The number of carbonyl (C=O) groups excluding carboxylic acids is 2. The summed E-state index contributed by atoms with van der Waals surface area (Å²) < 4.78 is 34.8. The van der Waals surface area contributed by atoms with Crippen LogP contribution in [-0.4, -0.2) is 74.9 Å². The minimum absolute atomic E-state index is 0.0300. The Balaban J connectivity index is 3.96. The van der Waals surface area contributed by atoms with E-state index < -0.39 is 26.5 Å². The van der Waals surface area contributed by atoms with Crippen LogP contribution in [0.3, 0.4) is 0 Å². The standard InChI is InChI=1S/C86H152NO8P/c1-6-8-10-12-14-16-18-20-22-24-26-28-30-32-34-36-38-39-40-41-42-43-44-45-46-47-49-51-53-55-57-59-61-63-65-67-69-71-73-75-77-79-86(89)95-84(83-94-96(90,91)93-81-80-87(3,4)5)82-92-85(88)78-76-74-72-70-68-66-64-62-60-58-56-54-52-50-48-37-35-33-31-29-27-25-23-21-19-17-15-13-11-9-7-2/h8,10,14,16,19-22,25-28,31-34,38-39,41-42,84H,6-7,9,11-13,15,17-18,23-24,29-30,35-37,40,43-83H2,1-5H3/p+1/b10-8-,16-14-,21-19-,22-20-,27-25-,28-26-,33-31-,34-32-,39-38-,42-41-. The Bertz CT molecular complexity index is 2040. The van der Waals surface area contributed by atoms with Crippen LogP contribution in [0.1, 0.15) is 361 Å². The molecule has 0 bridgehead atoms. The van der Waals surface area contributed by atoms with Gasteiger partial charge in [0.2, 0.25) is 0 Å². The number of likely N-dealkylation sites (N-methyl/N-ethyl adjacent to an activating group) is 1. The largest absolute Gasteiger partial charge is 0.472 e. The fourth-order valence-electron chi connectivity index (χ4n) is 11.4. The molecule has 0 fully saturated rings. The van der Waals surface area contributed by atoms with Crippen LogP contribution in [0.5, 0.6) is 0 Å². The zero-order valence-corrected chi connectivity index (χ0v) is 64.2. The molecule has 0 aliphatic heterocycles. The smallest absolute Gasteiger partial charge is 0.462 e. The average Bonchev–Trinajstić information content (AvgIpc) is 2.54. The van der Waals surface area contributed by atoms with Gasteiger partial charge in [0.25, 0.3) is 0 Å². The molecule has 0 amide bonds. The SMILES string of the molecule is CC/C=C\C/C=C\C/C=C\C/C=C\C/C=C\C/C=C\C/C=C\CCCCCCCCCCCCCCCCCCCCCC(=O)OC(COC(=O)CCCCCCCCCCCCCCCCCC/C=C\C/C=C\C/C=C\CCCCCCC)COP(=O)(O)OCC[N+](C)(C)C. The van der Waals surface area contributed by atoms with Crippen LogP contribution < -0.4 is 0 Å². The fraction of sp³-hybridized carbons (Fsp3) is 0.744. The molecule has 10 heteroatoms. The summed E-state index contributed by atoms with van der Waals surface area (Å²) in [5.41, 5.74) is 0. The van der Waals surface area contributed by atoms with Gasteiger partial charge in [-0.25, -0.2) is 4.57 Å². The molecule has 0 heterocycles. The topological polar surface area (TPSA) is 108 Å². The number of phosphoric ester groups is 1. The Morgan fingerprint density at radius 1 is 0.333 bits per heavy atom. The predicted molar refractivity (Wildman–Crippen MR) is 418 cm³/mol. The van der Waals surface area contributed by atoms with E-state index in [2.05, 4.69) is 135 Å². The van der Waals surface area contributed by atoms with Crippen molar-refractivity contribution in [3.63, 3.8) is 0 Å². The van der Waals surface area contributed by atoms with Crippen molar-refractivity contribution in [2.24, 2.45) is 0 Å². The molecule has 0 aromatic heterocycles. The number of ether oxygens (including phenoxy) is 2. The van der Waals surface area contributed by atoms with E-state index in [1.165, 1.54) is 238 Å². The van der Waals surface area contributed by atoms with Gasteiger partial charge >= 0.3 is 19.8 Å². The first-order chi connectivity index (χ1) is 47.0. The summed E-state index contributed by atoms with van der Waals surface area (Å²) in [4.78, 5) is 36.0. The third-order valence-corrected chi connectivity index (χ3v) is 18.5. The highest BCUT2D eigenvalue weighted by molar-refractivity contribution is 7.47. The van der Waals surface area contributed by atoms with Gasteiger partial charge in [-0.15, -0.1) is 0 Å². The van der Waals surface area contributed by atoms with Gasteiger partial charge in [0.05, 0.1) is 27.7 Å². The predicted octanol–water partition coefficient (Wildman–Crippen LogP) is 26.9. The van der Waals surface area contributed by atoms with Crippen LogP contribution in [0.15, 0.2) is 122 Å². The first-order valence-corrected chi connectivity index (χ1v) is 41.8. The van der Waals surface area contributed by atoms with Gasteiger partial charge in [0.15, 0.2) is 6.10 Å². The van der Waals surface area contributed by atoms with Gasteiger partial charge in [-0.1, -0.05) is 360 Å². The summed E-state index contributed by atoms with van der Waals surface area (Å²) in [5, 5.41) is 0. The zero-order valence-electron chi connectivity index (χ0n) is 63.3. The van der Waals surface area contributed by atoms with Gasteiger partial charge in [0, 0.05) is 12.8 Å². The fourth-order valence-corrected chi connectivity index (χ4v) is 12.1. The molecule has 0 saturated heterocycles. The third-order valence-electron chi connectivity index (χ3n) is 17.5. The summed E-state index contributed by atoms with van der Waals surface area (Å²) in [6.45, 7) is 4.35. The maximum absolute atomic E-state index is 12.9. The van der Waals surface area contributed by atoms with Crippen molar-refractivity contribution >= 4 is 19.8 Å². The van der Waals surface area contributed by atoms with Gasteiger partial charge < -0.3 is 18.9 Å². The van der Waals surface area contributed by atoms with E-state index >= 15 is 0 Å². The molecule has 554 valence electrons. The number of unbranched alkanes of at least 4 members (excludes halogenated alkanes) is 40. The molecule has 2 atom stereocenters. The number of esters is 2. The molecule has 9 nitrogen and oxygen atoms in total. The number of rotatable bonds is 74. The lowest BCUT2D eigenvalue weighted by Crippen LogP contribution is -2.37. The molecule has 96 heavy (non-hydrogen) atoms. The number of nitrogens with zero attached hydrogens (tertiary/aromatic N) is 1. The van der Waals surface area contributed by atoms with Crippen molar-refractivity contribution in [1.29, 1.82) is 0 Å². The Kier molecular flexibility index (Phi) is 72.8. The average molecular weight is 1360 g/mol. The van der Waals surface area contributed by atoms with Crippen LogP contribution in [-0.2, 0) is 32.7 Å². The molecule has 0 aliphatic carbocycles. The maximum Gasteiger partial charge on any atom is 0.472 e. The number of phosphoric acid groups is 1. The molecule has 0 radical (unpaired) electrons. The number of hydrogen-bond donors (Lipinski definition) is 1. The van der Waals surface area contributed by atoms with E-state index in [-0.39, 0.29) is 32.0 Å². The molecular formula is C86H153NO8P+. The zero-order chi connectivity index (χ0) is 69.7. The second-order valence-electron chi connectivity index (χ2n) is 28.1. The quantitative estimate of drug-likeness (QED) is 0.0211. The van der Waals surface area contributed by atoms with Crippen LogP contribution in [0.25, 0.3) is 0 Å². The van der Waals surface area contributed by atoms with Crippen LogP contribution in [0.4, 0.5) is 0 Å². The van der Waals surface area contributed by atoms with Crippen molar-refractivity contribution in [3.8, 4) is 0 Å². The summed E-state index contributed by atoms with van der Waals surface area (Å²) in [7, 11) is 1.48. The maximum atomic E-state index is 12.9. The van der Waals surface area contributed by atoms with Crippen LogP contribution >= 0.6 is 7.82 Å². The van der Waals surface area contributed by atoms with Gasteiger partial charge in [-0.05, 0) is 109 Å². The Labute approximate surface area is 594 Å². The number of allylic oxidation sites excluding steroid dienone is 20. The van der Waals surface area contributed by atoms with Gasteiger partial charge in [0.1, 0.15) is 19.8 Å². The third kappa shape index (κ3) is 79.4. The highest BCUT2D eigenvalue weighted by Crippen LogP contribution is 2.43. The summed E-state index contributed by atoms with van der Waals surface area (Å²) in [6.07, 6.45) is 109. The molecular weight excluding hydrogens is 1210 g/mol. The Morgan fingerprint density at radius 3 is 0.885 bits per heavy atom. The van der Waals surface area contributed by atoms with E-state index in [0.29, 0.717) is 17.4 Å². The van der Waals surface area contributed by atoms with Crippen molar-refractivity contribution in [2.45, 2.75) is 367 Å². The Hall–Kier alpha value is -3.59. The molecule has 2 unspecified atom stereocenters. The normalized spacial score (nSPS) is 13.7. The van der Waals surface area contributed by atoms with Crippen molar-refractivity contribution in [2.75, 3.05) is 47.5 Å². The molecule has 0 aromatic rings. The van der Waals surface area contributed by atoms with Crippen molar-refractivity contribution in [3.05, 3.63) is 122 Å². The summed E-state index contributed by atoms with van der Waals surface area (Å²) >= 11 is 0. The highest BCUT2D eigenvalue weighted by atomic mass is 31.2. The second-order valence-corrected chi connectivity index (χ2v) is 29.5. The Morgan fingerprint density at radius 2 is 0.594 bits per heavy atom. The van der Waals surface area contributed by atoms with Crippen LogP contribution in [0.2, 0.25) is 0 Å². The minimum Gasteiger partial charge on any atom is -0.462 e. The van der Waals surface area contributed by atoms with E-state index in [1.807, 2.05) is 21.1 Å². The van der Waals surface area contributed by atoms with Gasteiger partial charge in [-0.2, -0.15) is 0 Å². The number of quaternary nitrogens is 1. The first-order valence-electron chi connectivity index (χ1n) is 40.3. The second kappa shape index (κ2) is 75.6. The number of hydrogen-bond acceptors (Lipinski definition) is 7. The molecule has 0 saturated carbocycles. The van der Waals surface area contributed by atoms with Crippen molar-refractivity contribution in [1.82, 2.24) is 0 Å². The molecule has 0 rings (SSSR count). The van der Waals surface area contributed by atoms with Gasteiger partial charge in [-0.3, -0.25) is 18.6 Å². The number of carbonyl (C=O) groups is 2. The first kappa shape index (κ1) is 92.4. The minimum atomic E-state index is -4.40. The lowest BCUT2D eigenvalue weighted by molar-refractivity contribution is -0.870. The monoisotopic (exact) mass is 1360 g/mol. The summed E-state index contributed by atoms with van der Waals surface area (Å²) in [5.74, 6) is -0.785. The lowest BCUT2D eigenvalue weighted by Gasteiger charge is -2.24. The van der Waals surface area contributed by atoms with E-state index in [4.69, 9.17) is 18.5 Å². The molecule has 0 aromatic carbocycles. The molecule has 0 aliphatic rings. The highest BCUT2D eigenvalue weighted by Gasteiger charge is 2.27. The van der Waals surface area contributed by atoms with Crippen molar-refractivity contribution < 1.29 is 42.1 Å². The van der Waals surface area contributed by atoms with E-state index in [0.717, 1.165) is 89.9 Å². The van der Waals surface area contributed by atoms with E-state index in [9.17, 15) is 19.0 Å². The molecule has 1 N–H and O–H groups in total. The lowest BCUT2D eigenvalue weighted by atomic mass is 10.0. The molecule has 0 spiro atoms.